The Balaban J connectivity index is 1.72. The van der Waals surface area contributed by atoms with E-state index in [-0.39, 0.29) is 0 Å². The summed E-state index contributed by atoms with van der Waals surface area (Å²) in [6, 6.07) is 11.6. The van der Waals surface area contributed by atoms with Crippen molar-refractivity contribution in [3.63, 3.8) is 0 Å². The summed E-state index contributed by atoms with van der Waals surface area (Å²) in [5, 5.41) is 0. The lowest BCUT2D eigenvalue weighted by Crippen LogP contribution is -2.49. The Morgan fingerprint density at radius 1 is 1.04 bits per heavy atom. The van der Waals surface area contributed by atoms with E-state index in [1.165, 1.54) is 18.4 Å². The Kier molecular flexibility index (Phi) is 5.81. The highest BCUT2D eigenvalue weighted by atomic mass is 16.1. The van der Waals surface area contributed by atoms with Crippen LogP contribution in [-0.2, 0) is 4.79 Å². The molecule has 2 aliphatic heterocycles. The fourth-order valence-electron chi connectivity index (χ4n) is 4.09. The van der Waals surface area contributed by atoms with Gasteiger partial charge in [0.15, 0.2) is 0 Å². The number of hydrogen-bond donors (Lipinski definition) is 0. The molecule has 0 N–H and O–H groups in total. The largest absolute Gasteiger partial charge is 0.304 e. The normalized spacial score (nSPS) is 23.7. The number of piperazine rings is 1. The number of nitrogens with zero attached hydrogens (tertiary/aromatic N) is 3. The van der Waals surface area contributed by atoms with Crippen LogP contribution in [0.3, 0.4) is 0 Å². The summed E-state index contributed by atoms with van der Waals surface area (Å²) < 4.78 is 0. The van der Waals surface area contributed by atoms with E-state index in [0.717, 1.165) is 45.6 Å². The lowest BCUT2D eigenvalue weighted by molar-refractivity contribution is -0.109. The van der Waals surface area contributed by atoms with Gasteiger partial charge in [-0.3, -0.25) is 9.80 Å². The zero-order valence-corrected chi connectivity index (χ0v) is 14.2. The summed E-state index contributed by atoms with van der Waals surface area (Å²) in [5.74, 6) is 0.698. The minimum Gasteiger partial charge on any atom is -0.304 e. The van der Waals surface area contributed by atoms with E-state index in [0.29, 0.717) is 18.5 Å². The number of carbonyl (C=O) groups excluding carboxylic acids is 1. The van der Waals surface area contributed by atoms with Crippen LogP contribution in [0.2, 0.25) is 0 Å². The molecule has 0 bridgehead atoms. The molecule has 0 saturated carbocycles. The third kappa shape index (κ3) is 4.19. The van der Waals surface area contributed by atoms with Gasteiger partial charge in [-0.15, -0.1) is 0 Å². The van der Waals surface area contributed by atoms with Crippen LogP contribution in [0, 0.1) is 5.92 Å². The first-order valence-corrected chi connectivity index (χ1v) is 8.91. The molecule has 0 aliphatic carbocycles. The SMILES string of the molecule is CN1CCN(C(c2ccccc2)C2CCN(CC=O)CC2)CC1. The highest BCUT2D eigenvalue weighted by molar-refractivity contribution is 5.51. The van der Waals surface area contributed by atoms with Crippen LogP contribution in [0.1, 0.15) is 24.4 Å². The highest BCUT2D eigenvalue weighted by Gasteiger charge is 2.32. The Morgan fingerprint density at radius 3 is 2.30 bits per heavy atom. The summed E-state index contributed by atoms with van der Waals surface area (Å²) in [7, 11) is 2.22. The number of likely N-dealkylation sites (tertiary alicyclic amines) is 1. The van der Waals surface area contributed by atoms with Crippen LogP contribution < -0.4 is 0 Å². The maximum Gasteiger partial charge on any atom is 0.133 e. The minimum atomic E-state index is 0.531. The molecule has 0 spiro atoms. The van der Waals surface area contributed by atoms with Gasteiger partial charge >= 0.3 is 0 Å². The molecular formula is C19H29N3O. The predicted octanol–water partition coefficient (Wildman–Crippen LogP) is 1.89. The second-order valence-electron chi connectivity index (χ2n) is 7.00. The highest BCUT2D eigenvalue weighted by Crippen LogP contribution is 2.35. The molecule has 1 aromatic carbocycles. The van der Waals surface area contributed by atoms with Gasteiger partial charge in [0.05, 0.1) is 6.54 Å². The first-order chi connectivity index (χ1) is 11.3. The molecule has 4 heteroatoms. The number of carbonyl (C=O) groups is 1. The van der Waals surface area contributed by atoms with Crippen molar-refractivity contribution in [2.24, 2.45) is 5.92 Å². The molecule has 1 aromatic rings. The molecule has 0 aromatic heterocycles. The quantitative estimate of drug-likeness (QED) is 0.775. The number of aldehydes is 1. The van der Waals surface area contributed by atoms with E-state index < -0.39 is 0 Å². The second kappa shape index (κ2) is 8.04. The fraction of sp³-hybridized carbons (Fsp3) is 0.632. The standard InChI is InChI=1S/C19H29N3O/c1-20-11-13-22(14-12-20)19(17-5-3-2-4-6-17)18-7-9-21(10-8-18)15-16-23/h2-6,16,18-19H,7-15H2,1H3. The van der Waals surface area contributed by atoms with Gasteiger partial charge in [-0.05, 0) is 44.5 Å². The van der Waals surface area contributed by atoms with E-state index >= 15 is 0 Å². The van der Waals surface area contributed by atoms with E-state index in [4.69, 9.17) is 0 Å². The van der Waals surface area contributed by atoms with Crippen molar-refractivity contribution >= 4 is 6.29 Å². The molecule has 1 atom stereocenters. The molecule has 4 nitrogen and oxygen atoms in total. The fourth-order valence-corrected chi connectivity index (χ4v) is 4.09. The van der Waals surface area contributed by atoms with Gasteiger partial charge in [0.2, 0.25) is 0 Å². The number of piperidine rings is 1. The van der Waals surface area contributed by atoms with E-state index in [1.54, 1.807) is 0 Å². The number of benzene rings is 1. The van der Waals surface area contributed by atoms with E-state index in [2.05, 4.69) is 52.1 Å². The summed E-state index contributed by atoms with van der Waals surface area (Å²) in [5.41, 5.74) is 1.46. The van der Waals surface area contributed by atoms with Crippen LogP contribution in [0.4, 0.5) is 0 Å². The number of hydrogen-bond acceptors (Lipinski definition) is 4. The molecule has 126 valence electrons. The van der Waals surface area contributed by atoms with Gasteiger partial charge in [0.25, 0.3) is 0 Å². The lowest BCUT2D eigenvalue weighted by Gasteiger charge is -2.44. The maximum absolute atomic E-state index is 10.7. The third-order valence-corrected chi connectivity index (χ3v) is 5.48. The average molecular weight is 315 g/mol. The van der Waals surface area contributed by atoms with Crippen LogP contribution >= 0.6 is 0 Å². The first kappa shape index (κ1) is 16.6. The molecule has 2 fully saturated rings. The van der Waals surface area contributed by atoms with Crippen molar-refractivity contribution < 1.29 is 4.79 Å². The zero-order chi connectivity index (χ0) is 16.1. The number of likely N-dealkylation sites (N-methyl/N-ethyl adjacent to an activating group) is 1. The third-order valence-electron chi connectivity index (χ3n) is 5.48. The van der Waals surface area contributed by atoms with Crippen LogP contribution in [0.25, 0.3) is 0 Å². The molecule has 2 saturated heterocycles. The van der Waals surface area contributed by atoms with Crippen LogP contribution in [-0.4, -0.2) is 73.8 Å². The van der Waals surface area contributed by atoms with Crippen molar-refractivity contribution in [2.45, 2.75) is 18.9 Å². The molecule has 2 aliphatic rings. The topological polar surface area (TPSA) is 26.8 Å². The van der Waals surface area contributed by atoms with E-state index in [9.17, 15) is 4.79 Å². The molecule has 3 rings (SSSR count). The second-order valence-corrected chi connectivity index (χ2v) is 7.00. The van der Waals surface area contributed by atoms with Gasteiger partial charge in [-0.25, -0.2) is 0 Å². The first-order valence-electron chi connectivity index (χ1n) is 8.91. The van der Waals surface area contributed by atoms with Crippen molar-refractivity contribution in [1.82, 2.24) is 14.7 Å². The molecule has 23 heavy (non-hydrogen) atoms. The van der Waals surface area contributed by atoms with Crippen LogP contribution in [0.5, 0.6) is 0 Å². The lowest BCUT2D eigenvalue weighted by atomic mass is 9.84. The van der Waals surface area contributed by atoms with Gasteiger partial charge < -0.3 is 9.69 Å². The monoisotopic (exact) mass is 315 g/mol. The molecule has 2 heterocycles. The average Bonchev–Trinajstić information content (AvgIpc) is 2.60. The van der Waals surface area contributed by atoms with Crippen molar-refractivity contribution in [3.8, 4) is 0 Å². The molecular weight excluding hydrogens is 286 g/mol. The Hall–Kier alpha value is -1.23. The van der Waals surface area contributed by atoms with Gasteiger partial charge in [0.1, 0.15) is 6.29 Å². The summed E-state index contributed by atoms with van der Waals surface area (Å²) in [6.45, 7) is 7.34. The molecule has 0 radical (unpaired) electrons. The van der Waals surface area contributed by atoms with E-state index in [1.807, 2.05) is 0 Å². The molecule has 0 amide bonds. The van der Waals surface area contributed by atoms with Crippen molar-refractivity contribution in [2.75, 3.05) is 52.9 Å². The Labute approximate surface area is 140 Å². The summed E-state index contributed by atoms with van der Waals surface area (Å²) in [4.78, 5) is 18.1. The van der Waals surface area contributed by atoms with Gasteiger partial charge in [-0.1, -0.05) is 30.3 Å². The smallest absolute Gasteiger partial charge is 0.133 e. The van der Waals surface area contributed by atoms with Crippen molar-refractivity contribution in [1.29, 1.82) is 0 Å². The van der Waals surface area contributed by atoms with Gasteiger partial charge in [0, 0.05) is 32.2 Å². The predicted molar refractivity (Wildman–Crippen MR) is 93.5 cm³/mol. The summed E-state index contributed by atoms with van der Waals surface area (Å²) in [6.07, 6.45) is 3.43. The Morgan fingerprint density at radius 2 is 1.70 bits per heavy atom. The zero-order valence-electron chi connectivity index (χ0n) is 14.2. The van der Waals surface area contributed by atoms with Gasteiger partial charge in [-0.2, -0.15) is 0 Å². The van der Waals surface area contributed by atoms with Crippen molar-refractivity contribution in [3.05, 3.63) is 35.9 Å². The number of rotatable bonds is 5. The summed E-state index contributed by atoms with van der Waals surface area (Å²) >= 11 is 0. The Bertz CT molecular complexity index is 477. The maximum atomic E-state index is 10.7. The minimum absolute atomic E-state index is 0.531. The molecule has 1 unspecified atom stereocenters. The van der Waals surface area contributed by atoms with Crippen LogP contribution in [0.15, 0.2) is 30.3 Å².